The lowest BCUT2D eigenvalue weighted by Crippen LogP contribution is -2.27. The number of hydrogen-bond donors (Lipinski definition) is 2. The molecule has 1 aliphatic carbocycles. The fraction of sp³-hybridized carbons (Fsp3) is 0.500. The van der Waals surface area contributed by atoms with Crippen LogP contribution in [0.3, 0.4) is 0 Å². The van der Waals surface area contributed by atoms with E-state index in [1.165, 1.54) is 30.5 Å². The molecule has 1 fully saturated rings. The second kappa shape index (κ2) is 3.99. The Morgan fingerprint density at radius 3 is 3.17 bits per heavy atom. The third kappa shape index (κ3) is 1.52. The van der Waals surface area contributed by atoms with Crippen molar-refractivity contribution in [3.05, 3.63) is 29.6 Å². The number of piperidine rings is 1. The van der Waals surface area contributed by atoms with Crippen LogP contribution in [0, 0.1) is 0 Å². The average Bonchev–Trinajstić information content (AvgIpc) is 3.05. The highest BCUT2D eigenvalue weighted by molar-refractivity contribution is 5.66. The van der Waals surface area contributed by atoms with E-state index < -0.39 is 0 Å². The van der Waals surface area contributed by atoms with Crippen LogP contribution in [-0.2, 0) is 12.8 Å². The Morgan fingerprint density at radius 1 is 1.28 bits per heavy atom. The van der Waals surface area contributed by atoms with Crippen LogP contribution in [0.2, 0.25) is 0 Å². The lowest BCUT2D eigenvalue weighted by molar-refractivity contribution is 0.399. The number of hydrogen-bond acceptors (Lipinski definition) is 3. The maximum Gasteiger partial charge on any atom is 0.124 e. The van der Waals surface area contributed by atoms with Crippen molar-refractivity contribution in [1.29, 1.82) is 0 Å². The Morgan fingerprint density at radius 2 is 2.28 bits per heavy atom. The summed E-state index contributed by atoms with van der Waals surface area (Å²) < 4.78 is 5.50. The van der Waals surface area contributed by atoms with Crippen LogP contribution in [-0.4, -0.2) is 16.5 Å². The predicted molar refractivity (Wildman–Crippen MR) is 68.3 cm³/mol. The monoisotopic (exact) mass is 243 g/mol. The number of aromatic amines is 1. The maximum atomic E-state index is 5.50. The zero-order chi connectivity index (χ0) is 11.9. The number of nitrogens with one attached hydrogen (secondary N) is 2. The number of aryl methyl sites for hydroxylation is 2. The molecule has 1 unspecified atom stereocenters. The Labute approximate surface area is 106 Å². The van der Waals surface area contributed by atoms with Crippen molar-refractivity contribution in [1.82, 2.24) is 15.3 Å². The minimum atomic E-state index is 0.403. The predicted octanol–water partition coefficient (Wildman–Crippen LogP) is 2.58. The van der Waals surface area contributed by atoms with Crippen molar-refractivity contribution < 1.29 is 4.42 Å². The van der Waals surface area contributed by atoms with Gasteiger partial charge in [-0.15, -0.1) is 0 Å². The molecule has 0 amide bonds. The molecule has 2 aromatic rings. The number of imidazole rings is 1. The molecule has 2 aromatic heterocycles. The molecular weight excluding hydrogens is 226 g/mol. The Bertz CT molecular complexity index is 563. The molecule has 1 atom stereocenters. The Kier molecular flexibility index (Phi) is 2.30. The van der Waals surface area contributed by atoms with E-state index in [2.05, 4.69) is 10.3 Å². The topological polar surface area (TPSA) is 53.9 Å². The first-order chi connectivity index (χ1) is 8.92. The van der Waals surface area contributed by atoms with Crippen molar-refractivity contribution in [2.75, 3.05) is 6.54 Å². The van der Waals surface area contributed by atoms with E-state index in [1.54, 1.807) is 6.26 Å². The van der Waals surface area contributed by atoms with Gasteiger partial charge in [-0.05, 0) is 31.9 Å². The molecule has 0 aromatic carbocycles. The van der Waals surface area contributed by atoms with Crippen LogP contribution in [0.15, 0.2) is 16.7 Å². The van der Waals surface area contributed by atoms with Crippen molar-refractivity contribution >= 4 is 0 Å². The summed E-state index contributed by atoms with van der Waals surface area (Å²) in [4.78, 5) is 8.33. The summed E-state index contributed by atoms with van der Waals surface area (Å²) in [5, 5.41) is 3.55. The molecule has 4 heteroatoms. The van der Waals surface area contributed by atoms with Crippen LogP contribution in [0.4, 0.5) is 0 Å². The first-order valence-corrected chi connectivity index (χ1v) is 6.81. The maximum absolute atomic E-state index is 5.50. The summed E-state index contributed by atoms with van der Waals surface area (Å²) in [5.41, 5.74) is 3.55. The molecular formula is C14H17N3O. The highest BCUT2D eigenvalue weighted by atomic mass is 16.3. The third-order valence-corrected chi connectivity index (χ3v) is 4.04. The van der Waals surface area contributed by atoms with E-state index in [0.29, 0.717) is 6.04 Å². The smallest absolute Gasteiger partial charge is 0.124 e. The number of furan rings is 1. The SMILES string of the molecule is c1cc2c(o1)CCc1[nH]c(C3CCCCN3)nc1-2. The second-order valence-electron chi connectivity index (χ2n) is 5.21. The van der Waals surface area contributed by atoms with Gasteiger partial charge in [0.15, 0.2) is 0 Å². The normalized spacial score (nSPS) is 22.6. The molecule has 4 rings (SSSR count). The van der Waals surface area contributed by atoms with Gasteiger partial charge in [-0.2, -0.15) is 0 Å². The second-order valence-corrected chi connectivity index (χ2v) is 5.21. The number of nitrogens with zero attached hydrogens (tertiary/aromatic N) is 1. The summed E-state index contributed by atoms with van der Waals surface area (Å²) in [6.07, 6.45) is 7.52. The van der Waals surface area contributed by atoms with E-state index in [4.69, 9.17) is 9.40 Å². The first-order valence-electron chi connectivity index (χ1n) is 6.81. The summed E-state index contributed by atoms with van der Waals surface area (Å²) in [5.74, 6) is 2.19. The largest absolute Gasteiger partial charge is 0.469 e. The molecule has 0 saturated carbocycles. The highest BCUT2D eigenvalue weighted by Gasteiger charge is 2.25. The van der Waals surface area contributed by atoms with Crippen molar-refractivity contribution in [3.63, 3.8) is 0 Å². The standard InChI is InChI=1S/C14H17N3O/c1-2-7-15-11(3-1)14-16-10-4-5-12-9(6-8-18-12)13(10)17-14/h6,8,11,15H,1-5,7H2,(H,16,17). The van der Waals surface area contributed by atoms with Gasteiger partial charge in [0.1, 0.15) is 11.6 Å². The molecule has 0 bridgehead atoms. The van der Waals surface area contributed by atoms with Crippen molar-refractivity contribution in [3.8, 4) is 11.3 Å². The molecule has 1 saturated heterocycles. The highest BCUT2D eigenvalue weighted by Crippen LogP contribution is 2.34. The van der Waals surface area contributed by atoms with E-state index in [0.717, 1.165) is 36.7 Å². The molecule has 0 radical (unpaired) electrons. The summed E-state index contributed by atoms with van der Waals surface area (Å²) in [6.45, 7) is 1.10. The quantitative estimate of drug-likeness (QED) is 0.809. The average molecular weight is 243 g/mol. The van der Waals surface area contributed by atoms with E-state index in [1.807, 2.05) is 6.07 Å². The minimum absolute atomic E-state index is 0.403. The van der Waals surface area contributed by atoms with E-state index in [-0.39, 0.29) is 0 Å². The Hall–Kier alpha value is -1.55. The van der Waals surface area contributed by atoms with Gasteiger partial charge in [0.2, 0.25) is 0 Å². The van der Waals surface area contributed by atoms with Gasteiger partial charge in [-0.25, -0.2) is 4.98 Å². The molecule has 2 N–H and O–H groups in total. The summed E-state index contributed by atoms with van der Waals surface area (Å²) in [7, 11) is 0. The number of H-pyrrole nitrogens is 1. The van der Waals surface area contributed by atoms with Gasteiger partial charge in [-0.3, -0.25) is 0 Å². The van der Waals surface area contributed by atoms with Crippen LogP contribution < -0.4 is 5.32 Å². The summed E-state index contributed by atoms with van der Waals surface area (Å²) in [6, 6.07) is 2.44. The van der Waals surface area contributed by atoms with Crippen molar-refractivity contribution in [2.24, 2.45) is 0 Å². The molecule has 94 valence electrons. The first kappa shape index (κ1) is 10.4. The summed E-state index contributed by atoms with van der Waals surface area (Å²) >= 11 is 0. The van der Waals surface area contributed by atoms with Crippen LogP contribution >= 0.6 is 0 Å². The molecule has 18 heavy (non-hydrogen) atoms. The van der Waals surface area contributed by atoms with Crippen LogP contribution in [0.5, 0.6) is 0 Å². The van der Waals surface area contributed by atoms with Crippen LogP contribution in [0.1, 0.15) is 42.6 Å². The van der Waals surface area contributed by atoms with Crippen molar-refractivity contribution in [2.45, 2.75) is 38.1 Å². The van der Waals surface area contributed by atoms with E-state index in [9.17, 15) is 0 Å². The molecule has 0 spiro atoms. The lowest BCUT2D eigenvalue weighted by atomic mass is 10.00. The molecule has 1 aliphatic heterocycles. The number of fused-ring (bicyclic) bond motifs is 3. The van der Waals surface area contributed by atoms with Gasteiger partial charge in [-0.1, -0.05) is 6.42 Å². The number of aromatic nitrogens is 2. The number of rotatable bonds is 1. The zero-order valence-electron chi connectivity index (χ0n) is 10.3. The molecule has 4 nitrogen and oxygen atoms in total. The third-order valence-electron chi connectivity index (χ3n) is 4.04. The lowest BCUT2D eigenvalue weighted by Gasteiger charge is -2.21. The zero-order valence-corrected chi connectivity index (χ0v) is 10.3. The minimum Gasteiger partial charge on any atom is -0.469 e. The fourth-order valence-corrected chi connectivity index (χ4v) is 3.07. The van der Waals surface area contributed by atoms with Gasteiger partial charge >= 0.3 is 0 Å². The van der Waals surface area contributed by atoms with Gasteiger partial charge < -0.3 is 14.7 Å². The fourth-order valence-electron chi connectivity index (χ4n) is 3.07. The molecule has 3 heterocycles. The molecule has 2 aliphatic rings. The van der Waals surface area contributed by atoms with E-state index >= 15 is 0 Å². The van der Waals surface area contributed by atoms with Crippen LogP contribution in [0.25, 0.3) is 11.3 Å². The van der Waals surface area contributed by atoms with Gasteiger partial charge in [0.25, 0.3) is 0 Å². The van der Waals surface area contributed by atoms with Gasteiger partial charge in [0.05, 0.1) is 18.0 Å². The Balaban J connectivity index is 1.73. The van der Waals surface area contributed by atoms with Gasteiger partial charge in [0, 0.05) is 17.7 Å².